The predicted molar refractivity (Wildman–Crippen MR) is 67.2 cm³/mol. The van der Waals surface area contributed by atoms with Gasteiger partial charge < -0.3 is 20.6 Å². The molecule has 0 atom stereocenters. The van der Waals surface area contributed by atoms with E-state index in [-0.39, 0.29) is 5.91 Å². The van der Waals surface area contributed by atoms with Crippen LogP contribution in [-0.2, 0) is 0 Å². The number of carbonyl (C=O) groups excluding carboxylic acids is 1. The molecule has 1 amide bonds. The van der Waals surface area contributed by atoms with Crippen LogP contribution in [0, 0.1) is 0 Å². The third-order valence-corrected chi connectivity index (χ3v) is 2.63. The molecule has 2 aromatic heterocycles. The van der Waals surface area contributed by atoms with Gasteiger partial charge in [-0.25, -0.2) is 0 Å². The summed E-state index contributed by atoms with van der Waals surface area (Å²) in [4.78, 5) is 15.1. The van der Waals surface area contributed by atoms with Crippen molar-refractivity contribution in [2.75, 3.05) is 11.1 Å². The number of amides is 1. The molecule has 6 nitrogen and oxygen atoms in total. The molecule has 3 rings (SSSR count). The number of rotatable bonds is 2. The lowest BCUT2D eigenvalue weighted by molar-refractivity contribution is 0.102. The largest absolute Gasteiger partial charge is 0.399 e. The monoisotopic (exact) mass is 242 g/mol. The second kappa shape index (κ2) is 3.92. The first-order chi connectivity index (χ1) is 8.74. The van der Waals surface area contributed by atoms with E-state index in [9.17, 15) is 4.79 Å². The third-order valence-electron chi connectivity index (χ3n) is 2.63. The van der Waals surface area contributed by atoms with Crippen LogP contribution in [0.5, 0.6) is 0 Å². The molecular formula is C12H10N4O2. The van der Waals surface area contributed by atoms with Crippen molar-refractivity contribution in [2.24, 2.45) is 0 Å². The van der Waals surface area contributed by atoms with E-state index in [1.165, 1.54) is 6.26 Å². The van der Waals surface area contributed by atoms with Gasteiger partial charge in [-0.15, -0.1) is 0 Å². The van der Waals surface area contributed by atoms with Crippen molar-refractivity contribution in [2.45, 2.75) is 0 Å². The number of H-pyrrole nitrogens is 1. The first-order valence-electron chi connectivity index (χ1n) is 5.32. The normalized spacial score (nSPS) is 10.7. The fourth-order valence-electron chi connectivity index (χ4n) is 1.79. The smallest absolute Gasteiger partial charge is 0.259 e. The van der Waals surface area contributed by atoms with Crippen molar-refractivity contribution in [3.8, 4) is 0 Å². The molecule has 6 heteroatoms. The molecule has 0 radical (unpaired) electrons. The molecular weight excluding hydrogens is 232 g/mol. The number of carbonyl (C=O) groups is 1. The zero-order valence-corrected chi connectivity index (χ0v) is 9.31. The summed E-state index contributed by atoms with van der Waals surface area (Å²) in [6, 6.07) is 6.93. The van der Waals surface area contributed by atoms with Gasteiger partial charge in [0.2, 0.25) is 0 Å². The molecule has 0 unspecified atom stereocenters. The summed E-state index contributed by atoms with van der Waals surface area (Å²) in [5, 5.41) is 7.03. The Morgan fingerprint density at radius 1 is 1.39 bits per heavy atom. The first kappa shape index (κ1) is 10.4. The summed E-state index contributed by atoms with van der Waals surface area (Å²) in [6.07, 6.45) is 3.03. The van der Waals surface area contributed by atoms with Crippen LogP contribution in [0.1, 0.15) is 10.4 Å². The van der Waals surface area contributed by atoms with Crippen molar-refractivity contribution in [1.82, 2.24) is 10.1 Å². The second-order valence-electron chi connectivity index (χ2n) is 3.85. The maximum Gasteiger partial charge on any atom is 0.259 e. The topological polar surface area (TPSA) is 96.9 Å². The summed E-state index contributed by atoms with van der Waals surface area (Å²) >= 11 is 0. The SMILES string of the molecule is Nc1ccc2[nH]cc(C(=O)Nc3ccon3)c2c1. The number of fused-ring (bicyclic) bond motifs is 1. The van der Waals surface area contributed by atoms with E-state index < -0.39 is 0 Å². The highest BCUT2D eigenvalue weighted by Crippen LogP contribution is 2.21. The number of anilines is 2. The van der Waals surface area contributed by atoms with Gasteiger partial charge in [-0.2, -0.15) is 0 Å². The average Bonchev–Trinajstić information content (AvgIpc) is 2.97. The lowest BCUT2D eigenvalue weighted by atomic mass is 10.1. The van der Waals surface area contributed by atoms with Crippen LogP contribution in [0.15, 0.2) is 41.2 Å². The lowest BCUT2D eigenvalue weighted by Crippen LogP contribution is -2.11. The quantitative estimate of drug-likeness (QED) is 0.598. The molecule has 0 spiro atoms. The minimum atomic E-state index is -0.263. The molecule has 2 heterocycles. The number of nitrogens with zero attached hydrogens (tertiary/aromatic N) is 1. The van der Waals surface area contributed by atoms with Crippen LogP contribution < -0.4 is 11.1 Å². The van der Waals surface area contributed by atoms with Gasteiger partial charge in [0.25, 0.3) is 5.91 Å². The molecule has 0 saturated carbocycles. The number of nitrogens with two attached hydrogens (primary N) is 1. The third kappa shape index (κ3) is 1.69. The Kier molecular flexibility index (Phi) is 2.26. The van der Waals surface area contributed by atoms with E-state index in [2.05, 4.69) is 20.0 Å². The lowest BCUT2D eigenvalue weighted by Gasteiger charge is -2.00. The van der Waals surface area contributed by atoms with Gasteiger partial charge in [-0.05, 0) is 18.2 Å². The Bertz CT molecular complexity index is 700. The molecule has 18 heavy (non-hydrogen) atoms. The number of hydrogen-bond donors (Lipinski definition) is 3. The van der Waals surface area contributed by atoms with Crippen molar-refractivity contribution in [3.63, 3.8) is 0 Å². The van der Waals surface area contributed by atoms with Crippen LogP contribution in [0.4, 0.5) is 11.5 Å². The molecule has 0 aliphatic rings. The fraction of sp³-hybridized carbons (Fsp3) is 0. The molecule has 0 bridgehead atoms. The zero-order chi connectivity index (χ0) is 12.5. The summed E-state index contributed by atoms with van der Waals surface area (Å²) in [6.45, 7) is 0. The van der Waals surface area contributed by atoms with Gasteiger partial charge in [0.15, 0.2) is 5.82 Å². The average molecular weight is 242 g/mol. The van der Waals surface area contributed by atoms with E-state index in [4.69, 9.17) is 5.73 Å². The minimum Gasteiger partial charge on any atom is -0.399 e. The van der Waals surface area contributed by atoms with Gasteiger partial charge in [-0.3, -0.25) is 4.79 Å². The van der Waals surface area contributed by atoms with Gasteiger partial charge in [0, 0.05) is 28.9 Å². The van der Waals surface area contributed by atoms with E-state index in [0.717, 1.165) is 10.9 Å². The van der Waals surface area contributed by atoms with Gasteiger partial charge in [0.1, 0.15) is 6.26 Å². The predicted octanol–water partition coefficient (Wildman–Crippen LogP) is 1.99. The molecule has 1 aromatic carbocycles. The fourth-order valence-corrected chi connectivity index (χ4v) is 1.79. The minimum absolute atomic E-state index is 0.263. The van der Waals surface area contributed by atoms with Gasteiger partial charge in [0.05, 0.1) is 5.56 Å². The van der Waals surface area contributed by atoms with E-state index >= 15 is 0 Å². The van der Waals surface area contributed by atoms with Crippen molar-refractivity contribution < 1.29 is 9.32 Å². The Balaban J connectivity index is 1.98. The van der Waals surface area contributed by atoms with Gasteiger partial charge >= 0.3 is 0 Å². The van der Waals surface area contributed by atoms with Crippen LogP contribution in [0.25, 0.3) is 10.9 Å². The van der Waals surface area contributed by atoms with Crippen LogP contribution >= 0.6 is 0 Å². The van der Waals surface area contributed by atoms with Crippen molar-refractivity contribution in [1.29, 1.82) is 0 Å². The highest BCUT2D eigenvalue weighted by Gasteiger charge is 2.13. The Morgan fingerprint density at radius 2 is 2.28 bits per heavy atom. The summed E-state index contributed by atoms with van der Waals surface area (Å²) < 4.78 is 4.65. The number of benzene rings is 1. The highest BCUT2D eigenvalue weighted by atomic mass is 16.5. The van der Waals surface area contributed by atoms with Crippen molar-refractivity contribution >= 4 is 28.3 Å². The Labute approximate surface area is 102 Å². The molecule has 90 valence electrons. The number of aromatic nitrogens is 2. The van der Waals surface area contributed by atoms with E-state index in [1.54, 1.807) is 24.4 Å². The second-order valence-corrected chi connectivity index (χ2v) is 3.85. The number of hydrogen-bond acceptors (Lipinski definition) is 4. The number of nitrogens with one attached hydrogen (secondary N) is 2. The highest BCUT2D eigenvalue weighted by molar-refractivity contribution is 6.12. The van der Waals surface area contributed by atoms with E-state index in [1.807, 2.05) is 6.07 Å². The van der Waals surface area contributed by atoms with E-state index in [0.29, 0.717) is 17.1 Å². The standard InChI is InChI=1S/C12H10N4O2/c13-7-1-2-10-8(5-7)9(6-14-10)12(17)15-11-3-4-18-16-11/h1-6,14H,13H2,(H,15,16,17). The number of aromatic amines is 1. The van der Waals surface area contributed by atoms with Crippen LogP contribution in [0.3, 0.4) is 0 Å². The first-order valence-corrected chi connectivity index (χ1v) is 5.32. The molecule has 0 saturated heterocycles. The Hall–Kier alpha value is -2.76. The molecule has 0 fully saturated rings. The summed E-state index contributed by atoms with van der Waals surface area (Å²) in [5.41, 5.74) is 7.69. The maximum absolute atomic E-state index is 12.0. The number of nitrogen functional groups attached to an aromatic ring is 1. The Morgan fingerprint density at radius 3 is 3.06 bits per heavy atom. The molecule has 3 aromatic rings. The molecule has 4 N–H and O–H groups in total. The van der Waals surface area contributed by atoms with Gasteiger partial charge in [-0.1, -0.05) is 5.16 Å². The summed E-state index contributed by atoms with van der Waals surface area (Å²) in [5.74, 6) is 0.110. The van der Waals surface area contributed by atoms with Crippen LogP contribution in [0.2, 0.25) is 0 Å². The summed E-state index contributed by atoms with van der Waals surface area (Å²) in [7, 11) is 0. The molecule has 0 aliphatic heterocycles. The van der Waals surface area contributed by atoms with Crippen molar-refractivity contribution in [3.05, 3.63) is 42.3 Å². The molecule has 0 aliphatic carbocycles. The maximum atomic E-state index is 12.0. The zero-order valence-electron chi connectivity index (χ0n) is 9.31. The van der Waals surface area contributed by atoms with Crippen LogP contribution in [-0.4, -0.2) is 16.0 Å².